The van der Waals surface area contributed by atoms with Gasteiger partial charge in [0.05, 0.1) is 0 Å². The molecule has 0 aliphatic rings. The molecule has 1 heteroatoms. The van der Waals surface area contributed by atoms with Crippen molar-refractivity contribution >= 4 is 0 Å². The van der Waals surface area contributed by atoms with Gasteiger partial charge >= 0.3 is 0 Å². The van der Waals surface area contributed by atoms with Gasteiger partial charge in [0, 0.05) is 12.1 Å². The fourth-order valence-electron chi connectivity index (χ4n) is 1.61. The van der Waals surface area contributed by atoms with Crippen molar-refractivity contribution in [2.75, 3.05) is 0 Å². The Bertz CT molecular complexity index is 87.0. The molecule has 0 aliphatic heterocycles. The molecular formula is C11H25N. The Morgan fingerprint density at radius 3 is 1.67 bits per heavy atom. The molecule has 0 aromatic rings. The Morgan fingerprint density at radius 2 is 1.33 bits per heavy atom. The predicted molar refractivity (Wildman–Crippen MR) is 56.5 cm³/mol. The Balaban J connectivity index is 3.65. The first kappa shape index (κ1) is 12.0. The van der Waals surface area contributed by atoms with Gasteiger partial charge in [-0.25, -0.2) is 0 Å². The second-order valence-electron chi connectivity index (χ2n) is 3.57. The van der Waals surface area contributed by atoms with Crippen LogP contribution in [0.1, 0.15) is 59.8 Å². The van der Waals surface area contributed by atoms with Crippen molar-refractivity contribution in [3.05, 3.63) is 0 Å². The lowest BCUT2D eigenvalue weighted by Gasteiger charge is -2.22. The number of rotatable bonds is 7. The molecule has 0 saturated heterocycles. The summed E-state index contributed by atoms with van der Waals surface area (Å²) >= 11 is 0. The summed E-state index contributed by atoms with van der Waals surface area (Å²) < 4.78 is 0. The molecule has 1 nitrogen and oxygen atoms in total. The van der Waals surface area contributed by atoms with Gasteiger partial charge in [-0.15, -0.1) is 0 Å². The van der Waals surface area contributed by atoms with E-state index in [0.717, 1.165) is 12.1 Å². The van der Waals surface area contributed by atoms with Crippen molar-refractivity contribution in [2.24, 2.45) is 0 Å². The summed E-state index contributed by atoms with van der Waals surface area (Å²) in [5.41, 5.74) is 0. The lowest BCUT2D eigenvalue weighted by Crippen LogP contribution is -2.37. The fraction of sp³-hybridized carbons (Fsp3) is 1.00. The van der Waals surface area contributed by atoms with E-state index < -0.39 is 0 Å². The summed E-state index contributed by atoms with van der Waals surface area (Å²) in [7, 11) is 0. The molecule has 0 radical (unpaired) electrons. The van der Waals surface area contributed by atoms with Gasteiger partial charge in [0.25, 0.3) is 0 Å². The van der Waals surface area contributed by atoms with E-state index in [9.17, 15) is 0 Å². The Morgan fingerprint density at radius 1 is 0.833 bits per heavy atom. The minimum atomic E-state index is 0.737. The molecular weight excluding hydrogens is 146 g/mol. The summed E-state index contributed by atoms with van der Waals surface area (Å²) in [6.45, 7) is 9.06. The molecule has 0 aromatic heterocycles. The molecule has 0 rings (SSSR count). The highest BCUT2D eigenvalue weighted by atomic mass is 14.9. The van der Waals surface area contributed by atoms with Gasteiger partial charge in [-0.3, -0.25) is 0 Å². The number of hydrogen-bond donors (Lipinski definition) is 1. The average molecular weight is 171 g/mol. The minimum Gasteiger partial charge on any atom is -0.311 e. The van der Waals surface area contributed by atoms with Gasteiger partial charge in [0.2, 0.25) is 0 Å². The predicted octanol–water partition coefficient (Wildman–Crippen LogP) is 3.34. The Hall–Kier alpha value is -0.0400. The monoisotopic (exact) mass is 171 g/mol. The summed E-state index contributed by atoms with van der Waals surface area (Å²) in [5, 5.41) is 3.70. The summed E-state index contributed by atoms with van der Waals surface area (Å²) in [4.78, 5) is 0. The third kappa shape index (κ3) is 4.76. The molecule has 0 aliphatic carbocycles. The second-order valence-corrected chi connectivity index (χ2v) is 3.57. The van der Waals surface area contributed by atoms with E-state index in [1.807, 2.05) is 0 Å². The molecule has 1 atom stereocenters. The quantitative estimate of drug-likeness (QED) is 0.619. The first-order valence-electron chi connectivity index (χ1n) is 5.54. The van der Waals surface area contributed by atoms with Crippen LogP contribution in [0.3, 0.4) is 0 Å². The zero-order valence-electron chi connectivity index (χ0n) is 9.19. The van der Waals surface area contributed by atoms with E-state index in [-0.39, 0.29) is 0 Å². The van der Waals surface area contributed by atoms with Crippen LogP contribution in [0.2, 0.25) is 0 Å². The fourth-order valence-corrected chi connectivity index (χ4v) is 1.61. The zero-order valence-corrected chi connectivity index (χ0v) is 9.19. The van der Waals surface area contributed by atoms with Crippen LogP contribution in [0.15, 0.2) is 0 Å². The topological polar surface area (TPSA) is 12.0 Å². The van der Waals surface area contributed by atoms with Crippen LogP contribution in [0.4, 0.5) is 0 Å². The number of hydrogen-bond acceptors (Lipinski definition) is 1. The van der Waals surface area contributed by atoms with Crippen LogP contribution < -0.4 is 5.32 Å². The van der Waals surface area contributed by atoms with E-state index in [1.54, 1.807) is 0 Å². The van der Waals surface area contributed by atoms with Crippen LogP contribution in [0.25, 0.3) is 0 Å². The van der Waals surface area contributed by atoms with Gasteiger partial charge < -0.3 is 5.32 Å². The highest BCUT2D eigenvalue weighted by Crippen LogP contribution is 2.05. The SMILES string of the molecule is CCCC(CC)NC(CC)CC. The highest BCUT2D eigenvalue weighted by molar-refractivity contribution is 4.70. The normalized spacial score (nSPS) is 13.8. The highest BCUT2D eigenvalue weighted by Gasteiger charge is 2.09. The van der Waals surface area contributed by atoms with Crippen molar-refractivity contribution in [3.8, 4) is 0 Å². The molecule has 0 saturated carbocycles. The van der Waals surface area contributed by atoms with Crippen LogP contribution in [0.5, 0.6) is 0 Å². The zero-order chi connectivity index (χ0) is 9.40. The van der Waals surface area contributed by atoms with Gasteiger partial charge in [-0.1, -0.05) is 34.1 Å². The van der Waals surface area contributed by atoms with Crippen LogP contribution in [-0.4, -0.2) is 12.1 Å². The van der Waals surface area contributed by atoms with Crippen molar-refractivity contribution in [1.82, 2.24) is 5.32 Å². The molecule has 1 unspecified atom stereocenters. The molecule has 1 N–H and O–H groups in total. The van der Waals surface area contributed by atoms with E-state index in [4.69, 9.17) is 0 Å². The lowest BCUT2D eigenvalue weighted by atomic mass is 10.1. The maximum atomic E-state index is 3.70. The van der Waals surface area contributed by atoms with Gasteiger partial charge in [-0.2, -0.15) is 0 Å². The summed E-state index contributed by atoms with van der Waals surface area (Å²) in [5.74, 6) is 0. The van der Waals surface area contributed by atoms with Gasteiger partial charge in [0.1, 0.15) is 0 Å². The van der Waals surface area contributed by atoms with E-state index in [2.05, 4.69) is 33.0 Å². The largest absolute Gasteiger partial charge is 0.311 e. The Kier molecular flexibility index (Phi) is 7.58. The van der Waals surface area contributed by atoms with Gasteiger partial charge in [-0.05, 0) is 25.7 Å². The third-order valence-electron chi connectivity index (χ3n) is 2.59. The van der Waals surface area contributed by atoms with Crippen molar-refractivity contribution in [1.29, 1.82) is 0 Å². The number of nitrogens with one attached hydrogen (secondary N) is 1. The van der Waals surface area contributed by atoms with E-state index >= 15 is 0 Å². The molecule has 0 heterocycles. The molecule has 0 spiro atoms. The molecule has 0 amide bonds. The standard InChI is InChI=1S/C11H25N/c1-5-9-11(8-4)12-10(6-2)7-3/h10-12H,5-9H2,1-4H3. The van der Waals surface area contributed by atoms with Crippen LogP contribution in [-0.2, 0) is 0 Å². The van der Waals surface area contributed by atoms with Gasteiger partial charge in [0.15, 0.2) is 0 Å². The summed E-state index contributed by atoms with van der Waals surface area (Å²) in [6.07, 6.45) is 6.41. The smallest absolute Gasteiger partial charge is 0.00669 e. The maximum Gasteiger partial charge on any atom is 0.00669 e. The lowest BCUT2D eigenvalue weighted by molar-refractivity contribution is 0.380. The first-order chi connectivity index (χ1) is 5.78. The van der Waals surface area contributed by atoms with Crippen LogP contribution in [0, 0.1) is 0 Å². The second kappa shape index (κ2) is 7.60. The first-order valence-corrected chi connectivity index (χ1v) is 5.54. The van der Waals surface area contributed by atoms with Crippen molar-refractivity contribution < 1.29 is 0 Å². The van der Waals surface area contributed by atoms with E-state index in [1.165, 1.54) is 32.1 Å². The molecule has 0 bridgehead atoms. The average Bonchev–Trinajstić information content (AvgIpc) is 2.12. The summed E-state index contributed by atoms with van der Waals surface area (Å²) in [6, 6.07) is 1.49. The minimum absolute atomic E-state index is 0.737. The molecule has 74 valence electrons. The molecule has 0 aromatic carbocycles. The van der Waals surface area contributed by atoms with Crippen molar-refractivity contribution in [3.63, 3.8) is 0 Å². The van der Waals surface area contributed by atoms with Crippen LogP contribution >= 0.6 is 0 Å². The Labute approximate surface area is 77.9 Å². The maximum absolute atomic E-state index is 3.70. The van der Waals surface area contributed by atoms with E-state index in [0.29, 0.717) is 0 Å². The van der Waals surface area contributed by atoms with Crippen molar-refractivity contribution in [2.45, 2.75) is 71.9 Å². The molecule has 12 heavy (non-hydrogen) atoms. The molecule has 0 fully saturated rings. The third-order valence-corrected chi connectivity index (χ3v) is 2.59.